The van der Waals surface area contributed by atoms with E-state index in [0.717, 1.165) is 6.42 Å². The molecule has 2 atom stereocenters. The van der Waals surface area contributed by atoms with Crippen LogP contribution in [0.2, 0.25) is 0 Å². The van der Waals surface area contributed by atoms with E-state index in [4.69, 9.17) is 14.2 Å². The Bertz CT molecular complexity index is 962. The topological polar surface area (TPSA) is 65.1 Å². The molecule has 0 saturated carbocycles. The molecule has 0 N–H and O–H groups in total. The lowest BCUT2D eigenvalue weighted by Crippen LogP contribution is -2.60. The number of rotatable bonds is 7. The van der Waals surface area contributed by atoms with Gasteiger partial charge in [0.25, 0.3) is 0 Å². The van der Waals surface area contributed by atoms with Gasteiger partial charge in [0, 0.05) is 32.0 Å². The molecule has 2 aromatic carbocycles. The van der Waals surface area contributed by atoms with Gasteiger partial charge in [-0.05, 0) is 41.5 Å². The number of piperidine rings is 1. The number of hydrogen-bond acceptors (Lipinski definition) is 5. The smallest absolute Gasteiger partial charge is 0.410 e. The minimum absolute atomic E-state index is 0.0154. The number of carbonyl (C=O) groups is 2. The molecule has 5 rings (SSSR count). The maximum Gasteiger partial charge on any atom is 0.410 e. The van der Waals surface area contributed by atoms with E-state index >= 15 is 0 Å². The Labute approximate surface area is 194 Å². The molecule has 2 saturated heterocycles. The molecule has 33 heavy (non-hydrogen) atoms. The van der Waals surface area contributed by atoms with E-state index in [-0.39, 0.29) is 35.8 Å². The fraction of sp³-hybridized carbons (Fsp3) is 0.481. The summed E-state index contributed by atoms with van der Waals surface area (Å²) >= 11 is 0. The molecule has 3 aliphatic rings. The fourth-order valence-corrected chi connectivity index (χ4v) is 5.74. The number of morpholine rings is 1. The zero-order valence-electron chi connectivity index (χ0n) is 19.1. The number of benzene rings is 2. The first kappa shape index (κ1) is 22.1. The fourth-order valence-electron chi connectivity index (χ4n) is 5.74. The lowest BCUT2D eigenvalue weighted by atomic mass is 9.81. The van der Waals surface area contributed by atoms with Gasteiger partial charge in [0.15, 0.2) is 0 Å². The Morgan fingerprint density at radius 2 is 1.58 bits per heavy atom. The first-order valence-corrected chi connectivity index (χ1v) is 11.9. The number of carbonyl (C=O) groups excluding carboxylic acids is 2. The highest BCUT2D eigenvalue weighted by molar-refractivity contribution is 5.82. The largest absolute Gasteiger partial charge is 0.448 e. The van der Waals surface area contributed by atoms with E-state index < -0.39 is 0 Å². The maximum atomic E-state index is 13.2. The summed E-state index contributed by atoms with van der Waals surface area (Å²) < 4.78 is 16.7. The summed E-state index contributed by atoms with van der Waals surface area (Å²) in [7, 11) is 1.65. The summed E-state index contributed by atoms with van der Waals surface area (Å²) in [4.78, 5) is 27.8. The van der Waals surface area contributed by atoms with Crippen LogP contribution < -0.4 is 0 Å². The van der Waals surface area contributed by atoms with Crippen molar-refractivity contribution in [3.8, 4) is 11.1 Å². The van der Waals surface area contributed by atoms with E-state index in [1.165, 1.54) is 22.3 Å². The first-order valence-electron chi connectivity index (χ1n) is 11.9. The van der Waals surface area contributed by atoms with Crippen LogP contribution in [0.5, 0.6) is 0 Å². The SMILES string of the molecule is COCCCC(=O)C1CC2COCC(C1)N2C(=O)OCC1c2ccccc2-c2ccccc21. The lowest BCUT2D eigenvalue weighted by Gasteiger charge is -2.47. The van der Waals surface area contributed by atoms with Crippen molar-refractivity contribution in [3.05, 3.63) is 59.7 Å². The van der Waals surface area contributed by atoms with E-state index in [9.17, 15) is 9.59 Å². The third kappa shape index (κ3) is 4.30. The van der Waals surface area contributed by atoms with Crippen LogP contribution in [-0.4, -0.2) is 62.4 Å². The zero-order valence-corrected chi connectivity index (χ0v) is 19.1. The molecule has 2 fully saturated rings. The summed E-state index contributed by atoms with van der Waals surface area (Å²) in [6.07, 6.45) is 2.27. The number of ketones is 1. The van der Waals surface area contributed by atoms with Crippen molar-refractivity contribution in [1.29, 1.82) is 0 Å². The third-order valence-electron chi connectivity index (χ3n) is 7.29. The highest BCUT2D eigenvalue weighted by atomic mass is 16.6. The Kier molecular flexibility index (Phi) is 6.47. The van der Waals surface area contributed by atoms with Crippen LogP contribution in [-0.2, 0) is 19.0 Å². The van der Waals surface area contributed by atoms with Crippen molar-refractivity contribution in [1.82, 2.24) is 4.90 Å². The highest BCUT2D eigenvalue weighted by Crippen LogP contribution is 2.44. The Balaban J connectivity index is 1.25. The van der Waals surface area contributed by atoms with Gasteiger partial charge in [-0.15, -0.1) is 0 Å². The average molecular weight is 450 g/mol. The Morgan fingerprint density at radius 3 is 2.18 bits per heavy atom. The van der Waals surface area contributed by atoms with Crippen molar-refractivity contribution in [2.75, 3.05) is 33.5 Å². The number of amides is 1. The van der Waals surface area contributed by atoms with Crippen LogP contribution in [0.3, 0.4) is 0 Å². The zero-order chi connectivity index (χ0) is 22.8. The molecule has 6 heteroatoms. The molecule has 1 amide bonds. The second kappa shape index (κ2) is 9.65. The number of nitrogens with zero attached hydrogens (tertiary/aromatic N) is 1. The Hall–Kier alpha value is -2.70. The predicted octanol–water partition coefficient (Wildman–Crippen LogP) is 4.41. The van der Waals surface area contributed by atoms with Gasteiger partial charge < -0.3 is 14.2 Å². The van der Waals surface area contributed by atoms with Gasteiger partial charge >= 0.3 is 6.09 Å². The number of ether oxygens (including phenoxy) is 3. The van der Waals surface area contributed by atoms with Crippen LogP contribution in [0.1, 0.15) is 42.7 Å². The highest BCUT2D eigenvalue weighted by Gasteiger charge is 2.44. The van der Waals surface area contributed by atoms with Crippen LogP contribution in [0, 0.1) is 5.92 Å². The number of hydrogen-bond donors (Lipinski definition) is 0. The summed E-state index contributed by atoms with van der Waals surface area (Å²) in [6.45, 7) is 1.83. The molecule has 2 aromatic rings. The van der Waals surface area contributed by atoms with Crippen molar-refractivity contribution in [2.24, 2.45) is 5.92 Å². The summed E-state index contributed by atoms with van der Waals surface area (Å²) in [6, 6.07) is 16.5. The van der Waals surface area contributed by atoms with Gasteiger partial charge in [-0.3, -0.25) is 9.69 Å². The molecule has 174 valence electrons. The minimum Gasteiger partial charge on any atom is -0.448 e. The molecule has 2 unspecified atom stereocenters. The molecular weight excluding hydrogens is 418 g/mol. The molecular formula is C27H31NO5. The van der Waals surface area contributed by atoms with E-state index in [1.54, 1.807) is 7.11 Å². The minimum atomic E-state index is -0.291. The maximum absolute atomic E-state index is 13.2. The molecule has 2 aliphatic heterocycles. The molecule has 2 heterocycles. The van der Waals surface area contributed by atoms with E-state index in [1.807, 2.05) is 29.2 Å². The number of methoxy groups -OCH3 is 1. The number of fused-ring (bicyclic) bond motifs is 5. The summed E-state index contributed by atoms with van der Waals surface area (Å²) in [5.74, 6) is 0.298. The van der Waals surface area contributed by atoms with E-state index in [2.05, 4.69) is 24.3 Å². The molecule has 2 bridgehead atoms. The van der Waals surface area contributed by atoms with Crippen LogP contribution in [0.4, 0.5) is 4.79 Å². The van der Waals surface area contributed by atoms with Crippen molar-refractivity contribution in [2.45, 2.75) is 43.7 Å². The predicted molar refractivity (Wildman–Crippen MR) is 124 cm³/mol. The number of Topliss-reactive ketones (excluding diaryl/α,β-unsaturated/α-hetero) is 1. The summed E-state index contributed by atoms with van der Waals surface area (Å²) in [5, 5.41) is 0. The van der Waals surface area contributed by atoms with Gasteiger partial charge in [0.2, 0.25) is 0 Å². The van der Waals surface area contributed by atoms with Crippen molar-refractivity contribution < 1.29 is 23.8 Å². The van der Waals surface area contributed by atoms with Crippen molar-refractivity contribution in [3.63, 3.8) is 0 Å². The van der Waals surface area contributed by atoms with Crippen LogP contribution in [0.25, 0.3) is 11.1 Å². The first-order chi connectivity index (χ1) is 16.2. The lowest BCUT2D eigenvalue weighted by molar-refractivity contribution is -0.131. The second-order valence-corrected chi connectivity index (χ2v) is 9.29. The van der Waals surface area contributed by atoms with Gasteiger partial charge in [0.1, 0.15) is 12.4 Å². The monoisotopic (exact) mass is 449 g/mol. The van der Waals surface area contributed by atoms with Gasteiger partial charge in [-0.2, -0.15) is 0 Å². The Morgan fingerprint density at radius 1 is 0.970 bits per heavy atom. The molecule has 0 aromatic heterocycles. The second-order valence-electron chi connectivity index (χ2n) is 9.29. The van der Waals surface area contributed by atoms with Crippen LogP contribution >= 0.6 is 0 Å². The van der Waals surface area contributed by atoms with Gasteiger partial charge in [-0.1, -0.05) is 48.5 Å². The molecule has 0 radical (unpaired) electrons. The van der Waals surface area contributed by atoms with E-state index in [0.29, 0.717) is 45.7 Å². The molecule has 6 nitrogen and oxygen atoms in total. The summed E-state index contributed by atoms with van der Waals surface area (Å²) in [5.41, 5.74) is 4.84. The third-order valence-corrected chi connectivity index (χ3v) is 7.29. The van der Waals surface area contributed by atoms with Crippen LogP contribution in [0.15, 0.2) is 48.5 Å². The van der Waals surface area contributed by atoms with Gasteiger partial charge in [-0.25, -0.2) is 4.79 Å². The molecule has 0 spiro atoms. The molecule has 1 aliphatic carbocycles. The van der Waals surface area contributed by atoms with Gasteiger partial charge in [0.05, 0.1) is 25.3 Å². The quantitative estimate of drug-likeness (QED) is 0.586. The normalized spacial score (nSPS) is 23.7. The standard InChI is InChI=1S/C27H31NO5/c1-31-12-6-11-26(29)18-13-19-15-32-16-20(14-18)28(19)27(30)33-17-25-23-9-4-2-7-21(23)22-8-3-5-10-24(22)25/h2-5,7-10,18-20,25H,6,11-17H2,1H3. The van der Waals surface area contributed by atoms with Crippen molar-refractivity contribution >= 4 is 11.9 Å². The average Bonchev–Trinajstić information content (AvgIpc) is 3.15.